The number of amides is 1. The Balaban J connectivity index is 1.49. The lowest BCUT2D eigenvalue weighted by Crippen LogP contribution is -2.43. The Bertz CT molecular complexity index is 704. The molecule has 24 heavy (non-hydrogen) atoms. The molecule has 1 aliphatic rings. The molecule has 0 spiro atoms. The smallest absolute Gasteiger partial charge is 0.260 e. The number of nitrogens with zero attached hydrogens (tertiary/aromatic N) is 1. The highest BCUT2D eigenvalue weighted by Gasteiger charge is 2.23. The predicted molar refractivity (Wildman–Crippen MR) is 93.6 cm³/mol. The zero-order valence-electron chi connectivity index (χ0n) is 13.3. The molecule has 1 atom stereocenters. The summed E-state index contributed by atoms with van der Waals surface area (Å²) in [5.41, 5.74) is 0. The maximum atomic E-state index is 12.2. The van der Waals surface area contributed by atoms with Gasteiger partial charge in [0.25, 0.3) is 5.91 Å². The summed E-state index contributed by atoms with van der Waals surface area (Å²) in [5.74, 6) is 1.99. The highest BCUT2D eigenvalue weighted by atomic mass is 79.9. The van der Waals surface area contributed by atoms with Gasteiger partial charge in [-0.3, -0.25) is 4.79 Å². The van der Waals surface area contributed by atoms with Gasteiger partial charge in [0, 0.05) is 11.5 Å². The zero-order valence-corrected chi connectivity index (χ0v) is 14.9. The third kappa shape index (κ3) is 4.20. The number of halogens is 1. The molecule has 0 radical (unpaired) electrons. The molecule has 6 heteroatoms. The van der Waals surface area contributed by atoms with Gasteiger partial charge in [0.15, 0.2) is 24.2 Å². The van der Waals surface area contributed by atoms with E-state index in [9.17, 15) is 4.79 Å². The monoisotopic (exact) mass is 391 g/mol. The molecular weight excluding hydrogens is 374 g/mol. The van der Waals surface area contributed by atoms with Gasteiger partial charge in [0.05, 0.1) is 6.54 Å². The van der Waals surface area contributed by atoms with Crippen molar-refractivity contribution in [2.75, 3.05) is 26.8 Å². The molecule has 0 aromatic heterocycles. The molecule has 0 saturated heterocycles. The lowest BCUT2D eigenvalue weighted by molar-refractivity contribution is -0.133. The lowest BCUT2D eigenvalue weighted by Gasteiger charge is -2.29. The topological polar surface area (TPSA) is 48.0 Å². The molecule has 0 fully saturated rings. The second-order valence-electron chi connectivity index (χ2n) is 5.51. The van der Waals surface area contributed by atoms with E-state index in [4.69, 9.17) is 14.2 Å². The molecule has 1 unspecified atom stereocenters. The molecule has 5 nitrogen and oxygen atoms in total. The molecule has 0 bridgehead atoms. The van der Waals surface area contributed by atoms with Crippen LogP contribution in [0.2, 0.25) is 0 Å². The van der Waals surface area contributed by atoms with E-state index in [2.05, 4.69) is 15.9 Å². The molecule has 1 aliphatic heterocycles. The Morgan fingerprint density at radius 1 is 1.21 bits per heavy atom. The van der Waals surface area contributed by atoms with E-state index in [1.807, 2.05) is 48.5 Å². The Hall–Kier alpha value is -2.21. The van der Waals surface area contributed by atoms with Crippen LogP contribution in [0, 0.1) is 0 Å². The molecule has 126 valence electrons. The average Bonchev–Trinajstić information content (AvgIpc) is 2.61. The first-order valence-corrected chi connectivity index (χ1v) is 8.42. The number of likely N-dealkylation sites (N-methyl/N-ethyl adjacent to an activating group) is 1. The Labute approximate surface area is 149 Å². The number of hydrogen-bond acceptors (Lipinski definition) is 4. The largest absolute Gasteiger partial charge is 0.486 e. The van der Waals surface area contributed by atoms with Crippen molar-refractivity contribution >= 4 is 21.8 Å². The van der Waals surface area contributed by atoms with Gasteiger partial charge in [0.1, 0.15) is 12.4 Å². The van der Waals surface area contributed by atoms with Crippen molar-refractivity contribution in [2.24, 2.45) is 0 Å². The molecule has 0 saturated carbocycles. The van der Waals surface area contributed by atoms with Gasteiger partial charge < -0.3 is 19.1 Å². The van der Waals surface area contributed by atoms with Gasteiger partial charge in [-0.05, 0) is 36.4 Å². The summed E-state index contributed by atoms with van der Waals surface area (Å²) < 4.78 is 18.0. The molecule has 0 aliphatic carbocycles. The standard InChI is InChI=1S/C18H18BrNO4/c1-20(18(21)12-22-14-8-6-13(19)7-9-14)10-15-11-23-16-4-2-3-5-17(16)24-15/h2-9,15H,10-12H2,1H3. The second kappa shape index (κ2) is 7.57. The van der Waals surface area contributed by atoms with E-state index >= 15 is 0 Å². The first-order valence-electron chi connectivity index (χ1n) is 7.62. The number of rotatable bonds is 5. The van der Waals surface area contributed by atoms with Gasteiger partial charge in [-0.15, -0.1) is 0 Å². The number of carbonyl (C=O) groups excluding carboxylic acids is 1. The maximum Gasteiger partial charge on any atom is 0.260 e. The molecule has 3 rings (SSSR count). The first kappa shape index (κ1) is 16.6. The zero-order chi connectivity index (χ0) is 16.9. The molecule has 1 heterocycles. The summed E-state index contributed by atoms with van der Waals surface area (Å²) in [6.07, 6.45) is -0.193. The van der Waals surface area contributed by atoms with E-state index in [-0.39, 0.29) is 18.6 Å². The molecular formula is C18H18BrNO4. The minimum absolute atomic E-state index is 0.0116. The van der Waals surface area contributed by atoms with Gasteiger partial charge >= 0.3 is 0 Å². The van der Waals surface area contributed by atoms with Crippen LogP contribution in [0.3, 0.4) is 0 Å². The molecule has 0 N–H and O–H groups in total. The third-order valence-corrected chi connectivity index (χ3v) is 4.18. The number of carbonyl (C=O) groups is 1. The molecule has 2 aromatic rings. The van der Waals surface area contributed by atoms with Crippen LogP contribution in [0.4, 0.5) is 0 Å². The highest BCUT2D eigenvalue weighted by molar-refractivity contribution is 9.10. The quantitative estimate of drug-likeness (QED) is 0.785. The summed E-state index contributed by atoms with van der Waals surface area (Å²) in [7, 11) is 1.73. The van der Waals surface area contributed by atoms with Crippen molar-refractivity contribution in [1.29, 1.82) is 0 Å². The minimum atomic E-state index is -0.193. The average molecular weight is 392 g/mol. The normalized spacial score (nSPS) is 15.7. The van der Waals surface area contributed by atoms with Crippen LogP contribution in [0.25, 0.3) is 0 Å². The Kier molecular flexibility index (Phi) is 5.25. The van der Waals surface area contributed by atoms with Gasteiger partial charge in [-0.2, -0.15) is 0 Å². The van der Waals surface area contributed by atoms with Crippen molar-refractivity contribution in [3.8, 4) is 17.2 Å². The van der Waals surface area contributed by atoms with Crippen LogP contribution >= 0.6 is 15.9 Å². The number of para-hydroxylation sites is 2. The van der Waals surface area contributed by atoms with Crippen LogP contribution in [-0.2, 0) is 4.79 Å². The van der Waals surface area contributed by atoms with Crippen molar-refractivity contribution in [2.45, 2.75) is 6.10 Å². The Morgan fingerprint density at radius 3 is 2.67 bits per heavy atom. The van der Waals surface area contributed by atoms with Crippen molar-refractivity contribution in [3.63, 3.8) is 0 Å². The summed E-state index contributed by atoms with van der Waals surface area (Å²) in [5, 5.41) is 0. The summed E-state index contributed by atoms with van der Waals surface area (Å²) >= 11 is 3.36. The maximum absolute atomic E-state index is 12.2. The van der Waals surface area contributed by atoms with E-state index < -0.39 is 0 Å². The van der Waals surface area contributed by atoms with E-state index in [1.54, 1.807) is 11.9 Å². The van der Waals surface area contributed by atoms with E-state index in [1.165, 1.54) is 0 Å². The summed E-state index contributed by atoms with van der Waals surface area (Å²) in [6.45, 7) is 0.849. The number of ether oxygens (including phenoxy) is 3. The fraction of sp³-hybridized carbons (Fsp3) is 0.278. The molecule has 2 aromatic carbocycles. The fourth-order valence-corrected chi connectivity index (χ4v) is 2.61. The number of benzene rings is 2. The van der Waals surface area contributed by atoms with Crippen molar-refractivity contribution in [1.82, 2.24) is 4.90 Å². The highest BCUT2D eigenvalue weighted by Crippen LogP contribution is 2.30. The summed E-state index contributed by atoms with van der Waals surface area (Å²) in [6, 6.07) is 14.9. The SMILES string of the molecule is CN(CC1COc2ccccc2O1)C(=O)COc1ccc(Br)cc1. The number of fused-ring (bicyclic) bond motifs is 1. The van der Waals surface area contributed by atoms with E-state index in [0.717, 1.165) is 10.2 Å². The fourth-order valence-electron chi connectivity index (χ4n) is 2.35. The number of hydrogen-bond donors (Lipinski definition) is 0. The van der Waals surface area contributed by atoms with Crippen LogP contribution in [-0.4, -0.2) is 43.7 Å². The third-order valence-electron chi connectivity index (χ3n) is 3.65. The Morgan fingerprint density at radius 2 is 1.92 bits per heavy atom. The summed E-state index contributed by atoms with van der Waals surface area (Å²) in [4.78, 5) is 13.8. The van der Waals surface area contributed by atoms with Gasteiger partial charge in [0.2, 0.25) is 0 Å². The second-order valence-corrected chi connectivity index (χ2v) is 6.43. The van der Waals surface area contributed by atoms with Crippen molar-refractivity contribution in [3.05, 3.63) is 53.0 Å². The predicted octanol–water partition coefficient (Wildman–Crippen LogP) is 3.13. The van der Waals surface area contributed by atoms with Gasteiger partial charge in [-0.25, -0.2) is 0 Å². The van der Waals surface area contributed by atoms with Crippen LogP contribution < -0.4 is 14.2 Å². The van der Waals surface area contributed by atoms with Crippen LogP contribution in [0.15, 0.2) is 53.0 Å². The van der Waals surface area contributed by atoms with Crippen LogP contribution in [0.5, 0.6) is 17.2 Å². The van der Waals surface area contributed by atoms with E-state index in [0.29, 0.717) is 24.7 Å². The van der Waals surface area contributed by atoms with Crippen molar-refractivity contribution < 1.29 is 19.0 Å². The minimum Gasteiger partial charge on any atom is -0.486 e. The van der Waals surface area contributed by atoms with Crippen LogP contribution in [0.1, 0.15) is 0 Å². The van der Waals surface area contributed by atoms with Gasteiger partial charge in [-0.1, -0.05) is 28.1 Å². The lowest BCUT2D eigenvalue weighted by atomic mass is 10.2. The first-order chi connectivity index (χ1) is 11.6. The molecule has 1 amide bonds.